The third-order valence-electron chi connectivity index (χ3n) is 2.64. The summed E-state index contributed by atoms with van der Waals surface area (Å²) in [6.07, 6.45) is 0.654. The van der Waals surface area contributed by atoms with Gasteiger partial charge in [-0.2, -0.15) is 0 Å². The topological polar surface area (TPSA) is 49.3 Å². The second-order valence-corrected chi connectivity index (χ2v) is 4.89. The second kappa shape index (κ2) is 6.40. The van der Waals surface area contributed by atoms with Crippen molar-refractivity contribution >= 4 is 5.97 Å². The largest absolute Gasteiger partial charge is 0.480 e. The quantitative estimate of drug-likeness (QED) is 0.796. The number of nitrogens with one attached hydrogen (secondary N) is 1. The molecule has 0 heterocycles. The van der Waals surface area contributed by atoms with Gasteiger partial charge < -0.3 is 10.4 Å². The van der Waals surface area contributed by atoms with Gasteiger partial charge in [-0.1, -0.05) is 43.7 Å². The Morgan fingerprint density at radius 2 is 2.12 bits per heavy atom. The summed E-state index contributed by atoms with van der Waals surface area (Å²) in [6.45, 7) is 6.70. The molecule has 3 heteroatoms. The van der Waals surface area contributed by atoms with Crippen molar-refractivity contribution < 1.29 is 9.90 Å². The van der Waals surface area contributed by atoms with Crippen LogP contribution < -0.4 is 5.32 Å². The molecule has 0 spiro atoms. The van der Waals surface area contributed by atoms with Gasteiger partial charge in [0.2, 0.25) is 0 Å². The van der Waals surface area contributed by atoms with E-state index in [4.69, 9.17) is 5.11 Å². The van der Waals surface area contributed by atoms with Gasteiger partial charge in [-0.25, -0.2) is 0 Å². The van der Waals surface area contributed by atoms with Crippen LogP contribution in [0.4, 0.5) is 0 Å². The first-order valence-electron chi connectivity index (χ1n) is 6.00. The number of hydrogen-bond donors (Lipinski definition) is 2. The Kier molecular flexibility index (Phi) is 5.16. The lowest BCUT2D eigenvalue weighted by Crippen LogP contribution is -2.37. The fourth-order valence-electron chi connectivity index (χ4n) is 1.81. The fourth-order valence-corrected chi connectivity index (χ4v) is 1.81. The standard InChI is InChI=1S/C14H21NO2/c1-10(2)7-13(14(16)17)15-9-12-6-4-5-11(3)8-12/h4-6,8,10,13,15H,7,9H2,1-3H3,(H,16,17). The highest BCUT2D eigenvalue weighted by molar-refractivity contribution is 5.73. The summed E-state index contributed by atoms with van der Waals surface area (Å²) >= 11 is 0. The van der Waals surface area contributed by atoms with E-state index in [9.17, 15) is 4.79 Å². The van der Waals surface area contributed by atoms with Gasteiger partial charge >= 0.3 is 5.97 Å². The van der Waals surface area contributed by atoms with E-state index in [0.717, 1.165) is 5.56 Å². The third-order valence-corrected chi connectivity index (χ3v) is 2.64. The molecule has 2 N–H and O–H groups in total. The van der Waals surface area contributed by atoms with Crippen LogP contribution in [0.3, 0.4) is 0 Å². The Morgan fingerprint density at radius 3 is 2.65 bits per heavy atom. The molecule has 0 saturated carbocycles. The maximum absolute atomic E-state index is 11.1. The maximum atomic E-state index is 11.1. The van der Waals surface area contributed by atoms with Gasteiger partial charge in [-0.15, -0.1) is 0 Å². The van der Waals surface area contributed by atoms with Crippen molar-refractivity contribution in [3.05, 3.63) is 35.4 Å². The van der Waals surface area contributed by atoms with Crippen LogP contribution in [-0.4, -0.2) is 17.1 Å². The SMILES string of the molecule is Cc1cccc(CNC(CC(C)C)C(=O)O)c1. The minimum atomic E-state index is -0.772. The molecule has 0 aromatic heterocycles. The Bertz CT molecular complexity index is 374. The van der Waals surface area contributed by atoms with Gasteiger partial charge in [0.1, 0.15) is 6.04 Å². The average Bonchev–Trinajstić information content (AvgIpc) is 2.23. The monoisotopic (exact) mass is 235 g/mol. The lowest BCUT2D eigenvalue weighted by atomic mass is 10.0. The molecule has 17 heavy (non-hydrogen) atoms. The fraction of sp³-hybridized carbons (Fsp3) is 0.500. The minimum absolute atomic E-state index is 0.376. The van der Waals surface area contributed by atoms with E-state index in [0.29, 0.717) is 18.9 Å². The number of benzene rings is 1. The van der Waals surface area contributed by atoms with E-state index in [2.05, 4.69) is 11.4 Å². The molecular weight excluding hydrogens is 214 g/mol. The minimum Gasteiger partial charge on any atom is -0.480 e. The predicted molar refractivity (Wildman–Crippen MR) is 68.9 cm³/mol. The van der Waals surface area contributed by atoms with Crippen LogP contribution in [-0.2, 0) is 11.3 Å². The van der Waals surface area contributed by atoms with Crippen molar-refractivity contribution in [1.29, 1.82) is 0 Å². The van der Waals surface area contributed by atoms with Gasteiger partial charge in [-0.3, -0.25) is 4.79 Å². The molecule has 1 aromatic carbocycles. The Hall–Kier alpha value is -1.35. The highest BCUT2D eigenvalue weighted by atomic mass is 16.4. The summed E-state index contributed by atoms with van der Waals surface area (Å²) in [5, 5.41) is 12.2. The van der Waals surface area contributed by atoms with Crippen LogP contribution in [0.1, 0.15) is 31.4 Å². The first-order valence-corrected chi connectivity index (χ1v) is 6.00. The Labute approximate surface area is 103 Å². The zero-order valence-electron chi connectivity index (χ0n) is 10.7. The highest BCUT2D eigenvalue weighted by Gasteiger charge is 2.17. The number of carboxylic acid groups (broad SMARTS) is 1. The molecule has 0 saturated heterocycles. The summed E-state index contributed by atoms with van der Waals surface area (Å²) < 4.78 is 0. The van der Waals surface area contributed by atoms with Crippen LogP contribution in [0, 0.1) is 12.8 Å². The zero-order valence-corrected chi connectivity index (χ0v) is 10.7. The van der Waals surface area contributed by atoms with Crippen LogP contribution in [0.15, 0.2) is 24.3 Å². The van der Waals surface area contributed by atoms with E-state index < -0.39 is 12.0 Å². The van der Waals surface area contributed by atoms with Crippen LogP contribution in [0.2, 0.25) is 0 Å². The van der Waals surface area contributed by atoms with Gasteiger partial charge in [0.25, 0.3) is 0 Å². The van der Waals surface area contributed by atoms with Gasteiger partial charge in [0.15, 0.2) is 0 Å². The number of aryl methyl sites for hydroxylation is 1. The molecular formula is C14H21NO2. The van der Waals surface area contributed by atoms with Crippen molar-refractivity contribution in [3.8, 4) is 0 Å². The molecule has 0 aliphatic heterocycles. The van der Waals surface area contributed by atoms with Crippen molar-refractivity contribution in [1.82, 2.24) is 5.32 Å². The first kappa shape index (κ1) is 13.7. The third kappa shape index (κ3) is 5.00. The lowest BCUT2D eigenvalue weighted by Gasteiger charge is -2.16. The van der Waals surface area contributed by atoms with Gasteiger partial charge in [0, 0.05) is 6.54 Å². The van der Waals surface area contributed by atoms with E-state index in [-0.39, 0.29) is 0 Å². The number of hydrogen-bond acceptors (Lipinski definition) is 2. The normalized spacial score (nSPS) is 12.7. The van der Waals surface area contributed by atoms with Crippen molar-refractivity contribution in [2.75, 3.05) is 0 Å². The van der Waals surface area contributed by atoms with Crippen molar-refractivity contribution in [2.45, 2.75) is 39.8 Å². The van der Waals surface area contributed by atoms with Crippen molar-refractivity contribution in [3.63, 3.8) is 0 Å². The van der Waals surface area contributed by atoms with Crippen LogP contribution in [0.5, 0.6) is 0 Å². The molecule has 1 unspecified atom stereocenters. The Morgan fingerprint density at radius 1 is 1.41 bits per heavy atom. The molecule has 0 radical (unpaired) electrons. The zero-order chi connectivity index (χ0) is 12.8. The van der Waals surface area contributed by atoms with E-state index in [1.807, 2.05) is 39.0 Å². The molecule has 0 amide bonds. The van der Waals surface area contributed by atoms with E-state index >= 15 is 0 Å². The molecule has 1 aromatic rings. The highest BCUT2D eigenvalue weighted by Crippen LogP contribution is 2.08. The molecule has 0 bridgehead atoms. The summed E-state index contributed by atoms with van der Waals surface area (Å²) in [5.74, 6) is -0.396. The molecule has 0 aliphatic rings. The molecule has 1 atom stereocenters. The van der Waals surface area contributed by atoms with Crippen molar-refractivity contribution in [2.24, 2.45) is 5.92 Å². The summed E-state index contributed by atoms with van der Waals surface area (Å²) in [6, 6.07) is 7.64. The van der Waals surface area contributed by atoms with E-state index in [1.54, 1.807) is 0 Å². The lowest BCUT2D eigenvalue weighted by molar-refractivity contribution is -0.140. The summed E-state index contributed by atoms with van der Waals surface area (Å²) in [4.78, 5) is 11.1. The molecule has 3 nitrogen and oxygen atoms in total. The number of rotatable bonds is 6. The van der Waals surface area contributed by atoms with Gasteiger partial charge in [0.05, 0.1) is 0 Å². The number of carboxylic acids is 1. The summed E-state index contributed by atoms with van der Waals surface area (Å²) in [5.41, 5.74) is 2.32. The first-order chi connectivity index (χ1) is 7.99. The number of carbonyl (C=O) groups is 1. The maximum Gasteiger partial charge on any atom is 0.320 e. The second-order valence-electron chi connectivity index (χ2n) is 4.89. The summed E-state index contributed by atoms with van der Waals surface area (Å²) in [7, 11) is 0. The molecule has 1 rings (SSSR count). The van der Waals surface area contributed by atoms with Gasteiger partial charge in [-0.05, 0) is 24.8 Å². The average molecular weight is 235 g/mol. The molecule has 94 valence electrons. The van der Waals surface area contributed by atoms with Crippen LogP contribution >= 0.6 is 0 Å². The Balaban J connectivity index is 2.54. The van der Waals surface area contributed by atoms with Crippen LogP contribution in [0.25, 0.3) is 0 Å². The predicted octanol–water partition coefficient (Wildman–Crippen LogP) is 2.58. The molecule has 0 fully saturated rings. The smallest absolute Gasteiger partial charge is 0.320 e. The van der Waals surface area contributed by atoms with E-state index in [1.165, 1.54) is 5.56 Å². The molecule has 0 aliphatic carbocycles. The number of aliphatic carboxylic acids is 1.